The van der Waals surface area contributed by atoms with Crippen molar-refractivity contribution >= 4 is 33.3 Å². The Morgan fingerprint density at radius 2 is 2.18 bits per heavy atom. The zero-order valence-electron chi connectivity index (χ0n) is 9.37. The number of aromatic nitrogens is 2. The van der Waals surface area contributed by atoms with E-state index in [1.165, 1.54) is 10.9 Å². The van der Waals surface area contributed by atoms with Crippen molar-refractivity contribution in [1.29, 1.82) is 0 Å². The van der Waals surface area contributed by atoms with E-state index in [4.69, 9.17) is 11.6 Å². The van der Waals surface area contributed by atoms with Crippen LogP contribution in [0.15, 0.2) is 28.9 Å². The third-order valence-electron chi connectivity index (χ3n) is 2.55. The molecule has 1 aromatic heterocycles. The van der Waals surface area contributed by atoms with E-state index in [1.807, 2.05) is 19.1 Å². The van der Waals surface area contributed by atoms with Gasteiger partial charge < -0.3 is 0 Å². The fourth-order valence-corrected chi connectivity index (χ4v) is 2.25. The standard InChI is InChI=1S/C12H10BrClN2O/c1-7-3-4-8(13)5-9(7)12(17)11-10(14)6-15-16(11)2/h3-6H,1-2H3. The monoisotopic (exact) mass is 312 g/mol. The van der Waals surface area contributed by atoms with Gasteiger partial charge in [0.15, 0.2) is 0 Å². The number of hydrogen-bond acceptors (Lipinski definition) is 2. The number of hydrogen-bond donors (Lipinski definition) is 0. The lowest BCUT2D eigenvalue weighted by molar-refractivity contribution is 0.103. The van der Waals surface area contributed by atoms with Gasteiger partial charge in [0, 0.05) is 17.1 Å². The minimum Gasteiger partial charge on any atom is -0.287 e. The van der Waals surface area contributed by atoms with Crippen molar-refractivity contribution in [3.8, 4) is 0 Å². The highest BCUT2D eigenvalue weighted by molar-refractivity contribution is 9.10. The smallest absolute Gasteiger partial charge is 0.212 e. The van der Waals surface area contributed by atoms with Crippen molar-refractivity contribution in [3.05, 3.63) is 50.7 Å². The summed E-state index contributed by atoms with van der Waals surface area (Å²) in [5.41, 5.74) is 1.95. The second-order valence-corrected chi connectivity index (χ2v) is 5.08. The number of rotatable bonds is 2. The van der Waals surface area contributed by atoms with Crippen LogP contribution in [0, 0.1) is 6.92 Å². The van der Waals surface area contributed by atoms with Crippen LogP contribution in [-0.2, 0) is 7.05 Å². The zero-order valence-corrected chi connectivity index (χ0v) is 11.7. The molecule has 0 fully saturated rings. The van der Waals surface area contributed by atoms with Gasteiger partial charge >= 0.3 is 0 Å². The molecule has 2 aromatic rings. The van der Waals surface area contributed by atoms with Gasteiger partial charge in [0.05, 0.1) is 11.2 Å². The van der Waals surface area contributed by atoms with Crippen molar-refractivity contribution < 1.29 is 4.79 Å². The quantitative estimate of drug-likeness (QED) is 0.797. The van der Waals surface area contributed by atoms with E-state index in [2.05, 4.69) is 21.0 Å². The van der Waals surface area contributed by atoms with Gasteiger partial charge in [-0.05, 0) is 24.6 Å². The molecule has 3 nitrogen and oxygen atoms in total. The summed E-state index contributed by atoms with van der Waals surface area (Å²) in [4.78, 5) is 12.4. The summed E-state index contributed by atoms with van der Waals surface area (Å²) in [7, 11) is 1.70. The van der Waals surface area contributed by atoms with Gasteiger partial charge in [0.25, 0.3) is 0 Å². The molecule has 0 atom stereocenters. The molecule has 0 aliphatic carbocycles. The van der Waals surface area contributed by atoms with Gasteiger partial charge in [-0.2, -0.15) is 5.10 Å². The minimum atomic E-state index is -0.117. The molecule has 0 aliphatic rings. The Bertz CT molecular complexity index is 573. The maximum absolute atomic E-state index is 12.4. The topological polar surface area (TPSA) is 34.9 Å². The van der Waals surface area contributed by atoms with Crippen LogP contribution in [0.2, 0.25) is 5.02 Å². The molecule has 0 unspecified atom stereocenters. The zero-order chi connectivity index (χ0) is 12.6. The lowest BCUT2D eigenvalue weighted by Crippen LogP contribution is -2.10. The van der Waals surface area contributed by atoms with Crippen LogP contribution in [0.1, 0.15) is 21.6 Å². The maximum atomic E-state index is 12.4. The first kappa shape index (κ1) is 12.3. The number of carbonyl (C=O) groups excluding carboxylic acids is 1. The summed E-state index contributed by atoms with van der Waals surface area (Å²) in [6.45, 7) is 1.89. The third-order valence-corrected chi connectivity index (χ3v) is 3.32. The Hall–Kier alpha value is -1.13. The van der Waals surface area contributed by atoms with Gasteiger partial charge in [-0.1, -0.05) is 33.6 Å². The third kappa shape index (κ3) is 2.28. The number of ketones is 1. The summed E-state index contributed by atoms with van der Waals surface area (Å²) in [5.74, 6) is -0.117. The van der Waals surface area contributed by atoms with Crippen LogP contribution < -0.4 is 0 Å². The first-order valence-corrected chi connectivity index (χ1v) is 6.16. The Labute approximate surface area is 113 Å². The number of nitrogens with zero attached hydrogens (tertiary/aromatic N) is 2. The molecule has 0 aliphatic heterocycles. The van der Waals surface area contributed by atoms with Gasteiger partial charge in [-0.3, -0.25) is 9.48 Å². The highest BCUT2D eigenvalue weighted by Crippen LogP contribution is 2.22. The SMILES string of the molecule is Cc1ccc(Br)cc1C(=O)c1c(Cl)cnn1C. The molecule has 5 heteroatoms. The van der Waals surface area contributed by atoms with Crippen molar-refractivity contribution in [2.75, 3.05) is 0 Å². The molecular formula is C12H10BrClN2O. The van der Waals surface area contributed by atoms with Crippen molar-refractivity contribution in [2.24, 2.45) is 7.05 Å². The molecule has 0 N–H and O–H groups in total. The second-order valence-electron chi connectivity index (χ2n) is 3.75. The van der Waals surface area contributed by atoms with Crippen LogP contribution in [0.3, 0.4) is 0 Å². The van der Waals surface area contributed by atoms with E-state index in [0.717, 1.165) is 10.0 Å². The first-order chi connectivity index (χ1) is 8.00. The number of carbonyl (C=O) groups is 1. The molecule has 1 aromatic carbocycles. The summed E-state index contributed by atoms with van der Waals surface area (Å²) in [6, 6.07) is 5.58. The predicted molar refractivity (Wildman–Crippen MR) is 70.5 cm³/mol. The van der Waals surface area contributed by atoms with Crippen LogP contribution in [0.4, 0.5) is 0 Å². The van der Waals surface area contributed by atoms with Crippen molar-refractivity contribution in [1.82, 2.24) is 9.78 Å². The van der Waals surface area contributed by atoms with Gasteiger partial charge in [-0.25, -0.2) is 0 Å². The molecule has 2 rings (SSSR count). The lowest BCUT2D eigenvalue weighted by Gasteiger charge is -2.06. The van der Waals surface area contributed by atoms with E-state index in [-0.39, 0.29) is 5.78 Å². The molecule has 0 saturated heterocycles. The summed E-state index contributed by atoms with van der Waals surface area (Å²) in [6.07, 6.45) is 1.47. The van der Waals surface area contributed by atoms with E-state index in [9.17, 15) is 4.79 Å². The lowest BCUT2D eigenvalue weighted by atomic mass is 10.0. The highest BCUT2D eigenvalue weighted by Gasteiger charge is 2.19. The fraction of sp³-hybridized carbons (Fsp3) is 0.167. The Balaban J connectivity index is 2.55. The van der Waals surface area contributed by atoms with E-state index >= 15 is 0 Å². The largest absolute Gasteiger partial charge is 0.287 e. The molecule has 17 heavy (non-hydrogen) atoms. The summed E-state index contributed by atoms with van der Waals surface area (Å²) in [5, 5.41) is 4.34. The molecule has 0 bridgehead atoms. The van der Waals surface area contributed by atoms with Crippen LogP contribution in [-0.4, -0.2) is 15.6 Å². The second kappa shape index (κ2) is 4.63. The molecule has 0 saturated carbocycles. The maximum Gasteiger partial charge on any atom is 0.212 e. The van der Waals surface area contributed by atoms with Crippen LogP contribution in [0.25, 0.3) is 0 Å². The van der Waals surface area contributed by atoms with Crippen molar-refractivity contribution in [3.63, 3.8) is 0 Å². The first-order valence-electron chi connectivity index (χ1n) is 4.99. The van der Waals surface area contributed by atoms with Gasteiger partial charge in [0.1, 0.15) is 5.69 Å². The molecular weight excluding hydrogens is 304 g/mol. The molecule has 0 amide bonds. The van der Waals surface area contributed by atoms with Crippen molar-refractivity contribution in [2.45, 2.75) is 6.92 Å². The van der Waals surface area contributed by atoms with E-state index in [0.29, 0.717) is 16.3 Å². The number of benzene rings is 1. The molecule has 0 spiro atoms. The van der Waals surface area contributed by atoms with Gasteiger partial charge in [-0.15, -0.1) is 0 Å². The number of halogens is 2. The van der Waals surface area contributed by atoms with Crippen LogP contribution in [0.5, 0.6) is 0 Å². The van der Waals surface area contributed by atoms with E-state index < -0.39 is 0 Å². The molecule has 88 valence electrons. The molecule has 1 heterocycles. The normalized spacial score (nSPS) is 10.6. The molecule has 0 radical (unpaired) electrons. The Morgan fingerprint density at radius 1 is 1.47 bits per heavy atom. The summed E-state index contributed by atoms with van der Waals surface area (Å²) < 4.78 is 2.36. The minimum absolute atomic E-state index is 0.117. The highest BCUT2D eigenvalue weighted by atomic mass is 79.9. The van der Waals surface area contributed by atoms with Crippen LogP contribution >= 0.6 is 27.5 Å². The Morgan fingerprint density at radius 3 is 2.76 bits per heavy atom. The van der Waals surface area contributed by atoms with E-state index in [1.54, 1.807) is 13.1 Å². The van der Waals surface area contributed by atoms with Gasteiger partial charge in [0.2, 0.25) is 5.78 Å². The fourth-order valence-electron chi connectivity index (χ4n) is 1.63. The Kier molecular flexibility index (Phi) is 3.35. The summed E-state index contributed by atoms with van der Waals surface area (Å²) >= 11 is 9.32. The average Bonchev–Trinajstić information content (AvgIpc) is 2.61. The number of aryl methyl sites for hydroxylation is 2. The average molecular weight is 314 g/mol. The predicted octanol–water partition coefficient (Wildman–Crippen LogP) is 3.38.